The number of hydrogen-bond acceptors (Lipinski definition) is 6. The van der Waals surface area contributed by atoms with Crippen LogP contribution in [0.15, 0.2) is 134 Å². The lowest BCUT2D eigenvalue weighted by molar-refractivity contribution is -0.167. The van der Waals surface area contributed by atoms with E-state index in [1.165, 1.54) is 64.2 Å². The fraction of sp³-hybridized carbons (Fsp3) is 0.590. The predicted molar refractivity (Wildman–Crippen MR) is 288 cm³/mol. The lowest BCUT2D eigenvalue weighted by Gasteiger charge is -2.18. The smallest absolute Gasteiger partial charge is 0.306 e. The Balaban J connectivity index is 4.52. The molecule has 0 aromatic rings. The number of rotatable bonds is 46. The van der Waals surface area contributed by atoms with Crippen molar-refractivity contribution in [3.05, 3.63) is 134 Å². The molecule has 0 aliphatic heterocycles. The van der Waals surface area contributed by atoms with Crippen molar-refractivity contribution in [1.29, 1.82) is 0 Å². The molecule has 6 heteroatoms. The summed E-state index contributed by atoms with van der Waals surface area (Å²) in [5.74, 6) is -1.02. The summed E-state index contributed by atoms with van der Waals surface area (Å²) in [7, 11) is 0. The first-order valence-corrected chi connectivity index (χ1v) is 26.8. The number of hydrogen-bond donors (Lipinski definition) is 0. The number of allylic oxidation sites excluding steroid dienone is 22. The summed E-state index contributed by atoms with van der Waals surface area (Å²) in [5, 5.41) is 0. The van der Waals surface area contributed by atoms with Gasteiger partial charge in [0, 0.05) is 19.3 Å². The van der Waals surface area contributed by atoms with Crippen molar-refractivity contribution in [2.45, 2.75) is 219 Å². The highest BCUT2D eigenvalue weighted by Crippen LogP contribution is 2.13. The Morgan fingerprint density at radius 2 is 0.672 bits per heavy atom. The van der Waals surface area contributed by atoms with Crippen LogP contribution in [0.25, 0.3) is 0 Å². The average Bonchev–Trinajstić information content (AvgIpc) is 3.33. The molecule has 0 radical (unpaired) electrons. The molecule has 0 fully saturated rings. The number of unbranched alkanes of at least 4 members (excludes halogenated alkanes) is 17. The van der Waals surface area contributed by atoms with E-state index in [1.54, 1.807) is 0 Å². The summed E-state index contributed by atoms with van der Waals surface area (Å²) in [6.45, 7) is 6.26. The van der Waals surface area contributed by atoms with Crippen LogP contribution in [0.5, 0.6) is 0 Å². The molecule has 0 bridgehead atoms. The first-order valence-electron chi connectivity index (χ1n) is 26.8. The molecule has 0 aromatic heterocycles. The van der Waals surface area contributed by atoms with Crippen LogP contribution < -0.4 is 0 Å². The summed E-state index contributed by atoms with van der Waals surface area (Å²) in [6.07, 6.45) is 75.8. The summed E-state index contributed by atoms with van der Waals surface area (Å²) in [4.78, 5) is 38.0. The molecule has 0 aliphatic rings. The fourth-order valence-corrected chi connectivity index (χ4v) is 6.79. The zero-order chi connectivity index (χ0) is 48.6. The molecule has 0 rings (SSSR count). The standard InChI is InChI=1S/C61H96O6/c1-4-7-10-13-16-19-22-25-27-29-30-32-33-36-39-42-45-48-51-54-60(63)66-57-58(56-65-59(62)53-50-47-44-41-38-35-24-21-18-15-12-9-6-3)67-61(64)55-52-49-46-43-40-37-34-31-28-26-23-20-17-14-11-8-5-2/h7,9-10,12,15-21,24-28,30,32,35,38,41,44,58H,4-6,8,11,13-14,22-23,29,31,33-34,36-37,39-40,42-43,45-57H2,1-3H3/b10-7+,12-9+,18-15+,19-16+,20-17+,24-21+,27-25+,28-26+,32-30+,38-35+,44-41+. The number of esters is 3. The van der Waals surface area contributed by atoms with Gasteiger partial charge in [-0.15, -0.1) is 0 Å². The van der Waals surface area contributed by atoms with Crippen molar-refractivity contribution in [3.63, 3.8) is 0 Å². The van der Waals surface area contributed by atoms with Gasteiger partial charge in [-0.25, -0.2) is 0 Å². The van der Waals surface area contributed by atoms with Crippen molar-refractivity contribution in [1.82, 2.24) is 0 Å². The maximum Gasteiger partial charge on any atom is 0.306 e. The van der Waals surface area contributed by atoms with Gasteiger partial charge in [0.05, 0.1) is 0 Å². The Hall–Kier alpha value is -4.45. The van der Waals surface area contributed by atoms with Crippen molar-refractivity contribution >= 4 is 17.9 Å². The van der Waals surface area contributed by atoms with Gasteiger partial charge >= 0.3 is 17.9 Å². The van der Waals surface area contributed by atoms with Crippen LogP contribution >= 0.6 is 0 Å². The van der Waals surface area contributed by atoms with Crippen LogP contribution in [-0.2, 0) is 28.6 Å². The van der Waals surface area contributed by atoms with Gasteiger partial charge in [0.25, 0.3) is 0 Å². The van der Waals surface area contributed by atoms with Gasteiger partial charge in [-0.1, -0.05) is 225 Å². The largest absolute Gasteiger partial charge is 0.462 e. The van der Waals surface area contributed by atoms with E-state index in [9.17, 15) is 14.4 Å². The number of carbonyl (C=O) groups is 3. The molecule has 0 saturated carbocycles. The van der Waals surface area contributed by atoms with Crippen LogP contribution in [0, 0.1) is 0 Å². The van der Waals surface area contributed by atoms with Gasteiger partial charge in [0.15, 0.2) is 6.10 Å². The van der Waals surface area contributed by atoms with E-state index in [4.69, 9.17) is 14.2 Å². The Labute approximate surface area is 411 Å². The van der Waals surface area contributed by atoms with Gasteiger partial charge in [-0.05, 0) is 103 Å². The van der Waals surface area contributed by atoms with Crippen LogP contribution in [0.2, 0.25) is 0 Å². The monoisotopic (exact) mass is 925 g/mol. The lowest BCUT2D eigenvalue weighted by atomic mass is 10.1. The summed E-state index contributed by atoms with van der Waals surface area (Å²) in [5.41, 5.74) is 0. The van der Waals surface area contributed by atoms with Gasteiger partial charge in [-0.3, -0.25) is 14.4 Å². The summed E-state index contributed by atoms with van der Waals surface area (Å²) >= 11 is 0. The number of ether oxygens (including phenoxy) is 3. The van der Waals surface area contributed by atoms with Crippen molar-refractivity contribution in [2.24, 2.45) is 0 Å². The zero-order valence-electron chi connectivity index (χ0n) is 42.9. The van der Waals surface area contributed by atoms with Crippen LogP contribution in [0.3, 0.4) is 0 Å². The summed E-state index contributed by atoms with van der Waals surface area (Å²) < 4.78 is 16.7. The zero-order valence-corrected chi connectivity index (χ0v) is 42.9. The third kappa shape index (κ3) is 52.4. The molecule has 0 N–H and O–H groups in total. The SMILES string of the molecule is CC/C=C/C=C/C=C/C=C/C=C/CCCC(=O)OCC(COC(=O)CCCCCCCC/C=C/C/C=C/C/C=C/C/C=C/CC)OC(=O)CCCCCCCCC/C=C/C/C=C/CCCCC. The van der Waals surface area contributed by atoms with Crippen LogP contribution in [0.1, 0.15) is 213 Å². The van der Waals surface area contributed by atoms with Crippen molar-refractivity contribution < 1.29 is 28.6 Å². The van der Waals surface area contributed by atoms with Crippen molar-refractivity contribution in [2.75, 3.05) is 13.2 Å². The maximum absolute atomic E-state index is 12.8. The highest BCUT2D eigenvalue weighted by atomic mass is 16.6. The third-order valence-electron chi connectivity index (χ3n) is 10.7. The normalized spacial score (nSPS) is 13.2. The molecule has 0 aliphatic carbocycles. The highest BCUT2D eigenvalue weighted by Gasteiger charge is 2.19. The Morgan fingerprint density at radius 3 is 1.13 bits per heavy atom. The Kier molecular flexibility index (Phi) is 50.6. The Morgan fingerprint density at radius 1 is 0.328 bits per heavy atom. The molecule has 1 unspecified atom stereocenters. The van der Waals surface area contributed by atoms with Gasteiger partial charge in [-0.2, -0.15) is 0 Å². The van der Waals surface area contributed by atoms with E-state index < -0.39 is 6.10 Å². The lowest BCUT2D eigenvalue weighted by Crippen LogP contribution is -2.30. The molecule has 0 saturated heterocycles. The van der Waals surface area contributed by atoms with Gasteiger partial charge in [0.1, 0.15) is 13.2 Å². The Bertz CT molecular complexity index is 1480. The molecule has 376 valence electrons. The molecule has 6 nitrogen and oxygen atoms in total. The first-order chi connectivity index (χ1) is 33.0. The maximum atomic E-state index is 12.8. The van der Waals surface area contributed by atoms with Gasteiger partial charge in [0.2, 0.25) is 0 Å². The minimum Gasteiger partial charge on any atom is -0.462 e. The highest BCUT2D eigenvalue weighted by molar-refractivity contribution is 5.71. The predicted octanol–water partition coefficient (Wildman–Crippen LogP) is 17.9. The average molecular weight is 925 g/mol. The van der Waals surface area contributed by atoms with Crippen LogP contribution in [-0.4, -0.2) is 37.2 Å². The first kappa shape index (κ1) is 62.5. The van der Waals surface area contributed by atoms with E-state index in [0.717, 1.165) is 103 Å². The quantitative estimate of drug-likeness (QED) is 0.0199. The second kappa shape index (κ2) is 54.2. The fourth-order valence-electron chi connectivity index (χ4n) is 6.79. The molecular formula is C61H96O6. The van der Waals surface area contributed by atoms with E-state index in [0.29, 0.717) is 19.3 Å². The van der Waals surface area contributed by atoms with E-state index in [2.05, 4.69) is 99.8 Å². The van der Waals surface area contributed by atoms with E-state index in [-0.39, 0.29) is 37.5 Å². The van der Waals surface area contributed by atoms with Crippen LogP contribution in [0.4, 0.5) is 0 Å². The second-order valence-corrected chi connectivity index (χ2v) is 17.1. The third-order valence-corrected chi connectivity index (χ3v) is 10.7. The topological polar surface area (TPSA) is 78.9 Å². The minimum absolute atomic E-state index is 0.116. The molecule has 0 amide bonds. The molecule has 0 aromatic carbocycles. The number of carbonyl (C=O) groups excluding carboxylic acids is 3. The molecule has 0 spiro atoms. The molecular weight excluding hydrogens is 829 g/mol. The summed E-state index contributed by atoms with van der Waals surface area (Å²) in [6, 6.07) is 0. The van der Waals surface area contributed by atoms with E-state index >= 15 is 0 Å². The van der Waals surface area contributed by atoms with Gasteiger partial charge < -0.3 is 14.2 Å². The molecule has 1 atom stereocenters. The second-order valence-electron chi connectivity index (χ2n) is 17.1. The molecule has 0 heterocycles. The van der Waals surface area contributed by atoms with E-state index in [1.807, 2.05) is 54.7 Å². The van der Waals surface area contributed by atoms with Crippen molar-refractivity contribution in [3.8, 4) is 0 Å². The molecule has 67 heavy (non-hydrogen) atoms. The minimum atomic E-state index is -0.822.